The van der Waals surface area contributed by atoms with E-state index in [9.17, 15) is 22.4 Å². The zero-order valence-electron chi connectivity index (χ0n) is 16.2. The van der Waals surface area contributed by atoms with Crippen LogP contribution in [-0.2, 0) is 10.1 Å². The molecule has 1 unspecified atom stereocenters. The van der Waals surface area contributed by atoms with Crippen LogP contribution < -0.4 is 4.18 Å². The van der Waals surface area contributed by atoms with Crippen LogP contribution >= 0.6 is 11.8 Å². The van der Waals surface area contributed by atoms with Crippen molar-refractivity contribution in [3.05, 3.63) is 47.5 Å². The summed E-state index contributed by atoms with van der Waals surface area (Å²) in [6.45, 7) is 2.51. The van der Waals surface area contributed by atoms with E-state index in [0.717, 1.165) is 29.5 Å². The summed E-state index contributed by atoms with van der Waals surface area (Å²) in [6.07, 6.45) is 1.02. The van der Waals surface area contributed by atoms with Crippen LogP contribution in [0, 0.1) is 5.92 Å². The number of alkyl halides is 1. The minimum atomic E-state index is -4.53. The lowest BCUT2D eigenvalue weighted by atomic mass is 9.97. The summed E-state index contributed by atoms with van der Waals surface area (Å²) in [6, 6.07) is 9.79. The molecule has 1 aliphatic heterocycles. The van der Waals surface area contributed by atoms with Gasteiger partial charge in [-0.1, -0.05) is 12.1 Å². The van der Waals surface area contributed by atoms with Gasteiger partial charge < -0.3 is 4.18 Å². The van der Waals surface area contributed by atoms with Crippen LogP contribution in [0.2, 0.25) is 0 Å². The number of hydrogen-bond acceptors (Lipinski definition) is 6. The molecule has 30 heavy (non-hydrogen) atoms. The van der Waals surface area contributed by atoms with Crippen molar-refractivity contribution in [3.63, 3.8) is 0 Å². The molecule has 1 aliphatic carbocycles. The average Bonchev–Trinajstić information content (AvgIpc) is 3.48. The van der Waals surface area contributed by atoms with Crippen LogP contribution in [0.1, 0.15) is 47.4 Å². The molecule has 5 rings (SSSR count). The van der Waals surface area contributed by atoms with E-state index in [-0.39, 0.29) is 16.6 Å². The Morgan fingerprint density at radius 3 is 2.57 bits per heavy atom. The molecule has 1 atom stereocenters. The molecule has 0 saturated heterocycles. The number of benzene rings is 3. The Bertz CT molecular complexity index is 1390. The Kier molecular flexibility index (Phi) is 4.08. The first kappa shape index (κ1) is 19.5. The topological polar surface area (TPSA) is 77.5 Å². The molecule has 1 heterocycles. The van der Waals surface area contributed by atoms with Crippen molar-refractivity contribution in [1.29, 1.82) is 0 Å². The van der Waals surface area contributed by atoms with Crippen molar-refractivity contribution in [3.8, 4) is 5.75 Å². The molecule has 0 aromatic heterocycles. The molecule has 2 aliphatic rings. The molecule has 0 amide bonds. The van der Waals surface area contributed by atoms with Crippen molar-refractivity contribution in [2.45, 2.75) is 36.6 Å². The summed E-state index contributed by atoms with van der Waals surface area (Å²) >= 11 is 1.04. The van der Waals surface area contributed by atoms with E-state index in [2.05, 4.69) is 0 Å². The molecule has 3 aromatic carbocycles. The lowest BCUT2D eigenvalue weighted by Gasteiger charge is -2.21. The van der Waals surface area contributed by atoms with Gasteiger partial charge in [0, 0.05) is 32.7 Å². The Labute approximate surface area is 176 Å². The molecule has 1 fully saturated rings. The summed E-state index contributed by atoms with van der Waals surface area (Å²) in [5.41, 5.74) is 0.960. The van der Waals surface area contributed by atoms with E-state index < -0.39 is 21.0 Å². The first-order valence-electron chi connectivity index (χ1n) is 9.49. The minimum absolute atomic E-state index is 0.00707. The fourth-order valence-electron chi connectivity index (χ4n) is 3.88. The van der Waals surface area contributed by atoms with Gasteiger partial charge in [0.25, 0.3) is 0 Å². The molecular formula is C22H17FO5S2. The molecule has 0 bridgehead atoms. The van der Waals surface area contributed by atoms with E-state index in [1.165, 1.54) is 19.1 Å². The van der Waals surface area contributed by atoms with Gasteiger partial charge in [-0.25, -0.2) is 4.39 Å². The monoisotopic (exact) mass is 444 g/mol. The maximum atomic E-state index is 14.9. The van der Waals surface area contributed by atoms with Crippen molar-refractivity contribution < 1.29 is 26.6 Å². The fourth-order valence-corrected chi connectivity index (χ4v) is 6.14. The van der Waals surface area contributed by atoms with Crippen molar-refractivity contribution in [1.82, 2.24) is 0 Å². The molecule has 0 spiro atoms. The molecule has 0 radical (unpaired) electrons. The molecule has 1 saturated carbocycles. The number of Topliss-reactive ketones (excluding diaryl/α,β-unsaturated/α-hetero) is 1. The Morgan fingerprint density at radius 1 is 1.17 bits per heavy atom. The summed E-state index contributed by atoms with van der Waals surface area (Å²) < 4.78 is 45.6. The zero-order chi connectivity index (χ0) is 21.4. The molecule has 0 N–H and O–H groups in total. The quantitative estimate of drug-likeness (QED) is 0.304. The second-order valence-corrected chi connectivity index (χ2v) is 10.8. The SMILES string of the molecule is CC(=O)c1ccc2cc3c(OS(=O)(=O)C(C)(F)C4CC4)ccc4c3c(c2c1)SC4=O. The van der Waals surface area contributed by atoms with E-state index >= 15 is 0 Å². The molecule has 3 aromatic rings. The van der Waals surface area contributed by atoms with E-state index in [0.29, 0.717) is 39.6 Å². The molecular weight excluding hydrogens is 427 g/mol. The first-order chi connectivity index (χ1) is 14.1. The lowest BCUT2D eigenvalue weighted by Crippen LogP contribution is -2.36. The van der Waals surface area contributed by atoms with Gasteiger partial charge in [-0.05, 0) is 73.5 Å². The van der Waals surface area contributed by atoms with Crippen LogP contribution in [0.25, 0.3) is 21.5 Å². The van der Waals surface area contributed by atoms with Gasteiger partial charge in [0.15, 0.2) is 11.5 Å². The summed E-state index contributed by atoms with van der Waals surface area (Å²) in [4.78, 5) is 25.0. The first-order valence-corrected chi connectivity index (χ1v) is 11.7. The highest BCUT2D eigenvalue weighted by Gasteiger charge is 2.54. The van der Waals surface area contributed by atoms with Crippen LogP contribution in [0.5, 0.6) is 5.75 Å². The number of thioether (sulfide) groups is 1. The van der Waals surface area contributed by atoms with Gasteiger partial charge in [0.1, 0.15) is 0 Å². The number of carbonyl (C=O) groups excluding carboxylic acids is 2. The van der Waals surface area contributed by atoms with Crippen molar-refractivity contribution in [2.75, 3.05) is 0 Å². The lowest BCUT2D eigenvalue weighted by molar-refractivity contribution is 0.101. The van der Waals surface area contributed by atoms with Gasteiger partial charge >= 0.3 is 10.1 Å². The summed E-state index contributed by atoms with van der Waals surface area (Å²) in [7, 11) is -4.53. The predicted molar refractivity (Wildman–Crippen MR) is 113 cm³/mol. The van der Waals surface area contributed by atoms with Gasteiger partial charge in [-0.15, -0.1) is 0 Å². The molecule has 5 nitrogen and oxygen atoms in total. The second kappa shape index (κ2) is 6.28. The number of ketones is 1. The smallest absolute Gasteiger partial charge is 0.344 e. The van der Waals surface area contributed by atoms with Gasteiger partial charge in [-0.2, -0.15) is 8.42 Å². The summed E-state index contributed by atoms with van der Waals surface area (Å²) in [5.74, 6) is -0.668. The average molecular weight is 445 g/mol. The largest absolute Gasteiger partial charge is 0.380 e. The number of fused-ring (bicyclic) bond motifs is 2. The highest BCUT2D eigenvalue weighted by Crippen LogP contribution is 2.49. The normalized spacial score (nSPS) is 18.0. The minimum Gasteiger partial charge on any atom is -0.380 e. The standard InChI is InChI=1S/C22H17FO5S2/c1-11(24)12-3-4-13-10-17-18(28-30(26,27)22(2,23)14-5-6-14)8-7-15-19(17)20(16(13)9-12)29-21(15)25/h3-4,7-10,14H,5-6H2,1-2H3. The highest BCUT2D eigenvalue weighted by atomic mass is 32.2. The number of carbonyl (C=O) groups is 2. The van der Waals surface area contributed by atoms with Crippen LogP contribution in [-0.4, -0.2) is 24.3 Å². The van der Waals surface area contributed by atoms with Crippen molar-refractivity contribution in [2.24, 2.45) is 5.92 Å². The zero-order valence-corrected chi connectivity index (χ0v) is 17.8. The number of rotatable bonds is 5. The Balaban J connectivity index is 1.74. The maximum absolute atomic E-state index is 14.9. The van der Waals surface area contributed by atoms with E-state index in [1.54, 1.807) is 24.3 Å². The van der Waals surface area contributed by atoms with Gasteiger partial charge in [0.2, 0.25) is 10.1 Å². The second-order valence-electron chi connectivity index (χ2n) is 7.92. The number of hydrogen-bond donors (Lipinski definition) is 0. The van der Waals surface area contributed by atoms with Crippen LogP contribution in [0.3, 0.4) is 0 Å². The third-order valence-electron chi connectivity index (χ3n) is 5.85. The summed E-state index contributed by atoms with van der Waals surface area (Å²) in [5, 5.41) is -0.177. The van der Waals surface area contributed by atoms with Crippen molar-refractivity contribution >= 4 is 54.3 Å². The predicted octanol–water partition coefficient (Wildman–Crippen LogP) is 5.25. The molecule has 154 valence electrons. The number of halogens is 1. The van der Waals surface area contributed by atoms with Gasteiger partial charge in [-0.3, -0.25) is 9.59 Å². The van der Waals surface area contributed by atoms with Crippen LogP contribution in [0.15, 0.2) is 41.3 Å². The Hall–Kier alpha value is -2.45. The van der Waals surface area contributed by atoms with E-state index in [4.69, 9.17) is 4.18 Å². The maximum Gasteiger partial charge on any atom is 0.344 e. The Morgan fingerprint density at radius 2 is 1.90 bits per heavy atom. The highest BCUT2D eigenvalue weighted by molar-refractivity contribution is 8.15. The van der Waals surface area contributed by atoms with E-state index in [1.807, 2.05) is 0 Å². The third-order valence-corrected chi connectivity index (χ3v) is 8.59. The van der Waals surface area contributed by atoms with Gasteiger partial charge in [0.05, 0.1) is 0 Å². The molecule has 8 heteroatoms. The fraction of sp³-hybridized carbons (Fsp3) is 0.273. The third kappa shape index (κ3) is 2.77. The van der Waals surface area contributed by atoms with Crippen LogP contribution in [0.4, 0.5) is 4.39 Å².